The summed E-state index contributed by atoms with van der Waals surface area (Å²) in [6, 6.07) is 14.7. The Labute approximate surface area is 252 Å². The number of aliphatic hydroxyl groups is 2. The van der Waals surface area contributed by atoms with E-state index in [9.17, 15) is 28.6 Å². The summed E-state index contributed by atoms with van der Waals surface area (Å²) in [6.45, 7) is 7.76. The number of benzene rings is 3. The molecule has 0 fully saturated rings. The van der Waals surface area contributed by atoms with Crippen LogP contribution in [0.25, 0.3) is 0 Å². The summed E-state index contributed by atoms with van der Waals surface area (Å²) >= 11 is 0. The second-order valence-corrected chi connectivity index (χ2v) is 11.3. The van der Waals surface area contributed by atoms with Crippen LogP contribution in [-0.4, -0.2) is 71.4 Å². The van der Waals surface area contributed by atoms with Gasteiger partial charge in [-0.3, -0.25) is 9.59 Å². The van der Waals surface area contributed by atoms with Crippen LogP contribution in [0.3, 0.4) is 0 Å². The first-order valence-electron chi connectivity index (χ1n) is 14.9. The van der Waals surface area contributed by atoms with Crippen molar-refractivity contribution in [2.24, 2.45) is 0 Å². The van der Waals surface area contributed by atoms with E-state index in [4.69, 9.17) is 0 Å². The Morgan fingerprint density at radius 1 is 0.953 bits per heavy atom. The third-order valence-corrected chi connectivity index (χ3v) is 7.75. The van der Waals surface area contributed by atoms with Crippen molar-refractivity contribution >= 4 is 17.5 Å². The first-order valence-corrected chi connectivity index (χ1v) is 14.9. The molecule has 0 spiro atoms. The molecule has 0 saturated carbocycles. The van der Waals surface area contributed by atoms with E-state index in [1.807, 2.05) is 43.0 Å². The van der Waals surface area contributed by atoms with Crippen LogP contribution in [0.1, 0.15) is 64.1 Å². The van der Waals surface area contributed by atoms with Crippen LogP contribution in [0, 0.1) is 18.6 Å². The number of amides is 2. The predicted octanol–water partition coefficient (Wildman–Crippen LogP) is 4.66. The number of halogens is 2. The molecule has 0 aliphatic carbocycles. The largest absolute Gasteiger partial charge is 0.388 e. The van der Waals surface area contributed by atoms with Crippen LogP contribution in [0.5, 0.6) is 0 Å². The third kappa shape index (κ3) is 8.18. The highest BCUT2D eigenvalue weighted by Gasteiger charge is 2.32. The Kier molecular flexibility index (Phi) is 10.9. The van der Waals surface area contributed by atoms with Crippen molar-refractivity contribution in [3.8, 4) is 0 Å². The van der Waals surface area contributed by atoms with E-state index < -0.39 is 35.8 Å². The molecule has 1 aliphatic rings. The zero-order valence-corrected chi connectivity index (χ0v) is 25.0. The van der Waals surface area contributed by atoms with Gasteiger partial charge in [0.15, 0.2) is 0 Å². The van der Waals surface area contributed by atoms with E-state index in [0.717, 1.165) is 48.7 Å². The molecule has 230 valence electrons. The number of aliphatic hydroxyl groups excluding tert-OH is 2. The van der Waals surface area contributed by atoms with Crippen LogP contribution in [0.4, 0.5) is 14.5 Å². The highest BCUT2D eigenvalue weighted by molar-refractivity contribution is 6.00. The van der Waals surface area contributed by atoms with Crippen molar-refractivity contribution in [3.05, 3.63) is 100 Å². The molecule has 4 rings (SSSR count). The van der Waals surface area contributed by atoms with E-state index in [1.54, 1.807) is 24.0 Å². The molecule has 2 amide bonds. The monoisotopic (exact) mass is 593 g/mol. The molecular weight excluding hydrogens is 552 g/mol. The van der Waals surface area contributed by atoms with Gasteiger partial charge in [-0.25, -0.2) is 8.78 Å². The molecule has 1 unspecified atom stereocenters. The molecule has 0 radical (unpaired) electrons. The van der Waals surface area contributed by atoms with E-state index in [-0.39, 0.29) is 30.0 Å². The Morgan fingerprint density at radius 2 is 1.60 bits per heavy atom. The maximum absolute atomic E-state index is 14.0. The minimum atomic E-state index is -1.46. The molecular formula is C34H41F2N3O4. The van der Waals surface area contributed by atoms with Gasteiger partial charge in [0.1, 0.15) is 17.7 Å². The molecule has 3 N–H and O–H groups in total. The van der Waals surface area contributed by atoms with Crippen LogP contribution >= 0.6 is 0 Å². The van der Waals surface area contributed by atoms with E-state index in [1.165, 1.54) is 6.07 Å². The third-order valence-electron chi connectivity index (χ3n) is 7.75. The molecule has 3 aromatic rings. The van der Waals surface area contributed by atoms with Crippen molar-refractivity contribution in [3.63, 3.8) is 0 Å². The minimum absolute atomic E-state index is 0.107. The maximum Gasteiger partial charge on any atom is 0.253 e. The van der Waals surface area contributed by atoms with Gasteiger partial charge in [0, 0.05) is 49.1 Å². The zero-order chi connectivity index (χ0) is 31.1. The van der Waals surface area contributed by atoms with Crippen LogP contribution in [0.15, 0.2) is 60.7 Å². The van der Waals surface area contributed by atoms with Gasteiger partial charge in [-0.15, -0.1) is 0 Å². The molecule has 0 aromatic heterocycles. The van der Waals surface area contributed by atoms with Gasteiger partial charge >= 0.3 is 0 Å². The first-order chi connectivity index (χ1) is 20.6. The fourth-order valence-electron chi connectivity index (χ4n) is 5.76. The highest BCUT2D eigenvalue weighted by atomic mass is 19.1. The topological polar surface area (TPSA) is 93.1 Å². The average Bonchev–Trinajstić information content (AvgIpc) is 3.37. The zero-order valence-electron chi connectivity index (χ0n) is 25.0. The highest BCUT2D eigenvalue weighted by Crippen LogP contribution is 2.28. The van der Waals surface area contributed by atoms with Gasteiger partial charge in [-0.1, -0.05) is 32.0 Å². The molecule has 43 heavy (non-hydrogen) atoms. The smallest absolute Gasteiger partial charge is 0.253 e. The predicted molar refractivity (Wildman–Crippen MR) is 163 cm³/mol. The van der Waals surface area contributed by atoms with Crippen molar-refractivity contribution in [1.29, 1.82) is 0 Å². The van der Waals surface area contributed by atoms with Crippen molar-refractivity contribution < 1.29 is 28.6 Å². The normalized spacial score (nSPS) is 14.6. The number of nitrogens with zero attached hydrogens (tertiary/aromatic N) is 2. The molecule has 1 heterocycles. The van der Waals surface area contributed by atoms with Gasteiger partial charge in [-0.05, 0) is 85.7 Å². The number of carbonyl (C=O) groups excluding carboxylic acids is 2. The number of hydrogen-bond donors (Lipinski definition) is 3. The minimum Gasteiger partial charge on any atom is -0.388 e. The van der Waals surface area contributed by atoms with E-state index in [2.05, 4.69) is 5.32 Å². The van der Waals surface area contributed by atoms with Crippen molar-refractivity contribution in [2.75, 3.05) is 31.1 Å². The van der Waals surface area contributed by atoms with Gasteiger partial charge < -0.3 is 25.3 Å². The molecule has 1 aliphatic heterocycles. The van der Waals surface area contributed by atoms with Crippen LogP contribution < -0.4 is 10.2 Å². The number of fused-ring (bicyclic) bond motifs is 1. The quantitative estimate of drug-likeness (QED) is 0.268. The second kappa shape index (κ2) is 14.6. The lowest BCUT2D eigenvalue weighted by atomic mass is 9.96. The second-order valence-electron chi connectivity index (χ2n) is 11.3. The molecule has 3 aromatic carbocycles. The summed E-state index contributed by atoms with van der Waals surface area (Å²) in [5.41, 5.74) is 3.63. The lowest BCUT2D eigenvalue weighted by Crippen LogP contribution is -2.52. The summed E-state index contributed by atoms with van der Waals surface area (Å²) in [7, 11) is 0. The molecule has 3 atom stereocenters. The lowest BCUT2D eigenvalue weighted by molar-refractivity contribution is 0.00123. The number of hydrogen-bond acceptors (Lipinski definition) is 5. The maximum atomic E-state index is 14.0. The number of para-hydroxylation sites is 1. The first kappa shape index (κ1) is 32.1. The Morgan fingerprint density at radius 3 is 2.28 bits per heavy atom. The number of rotatable bonds is 13. The lowest BCUT2D eigenvalue weighted by Gasteiger charge is -2.31. The molecule has 0 saturated heterocycles. The summed E-state index contributed by atoms with van der Waals surface area (Å²) in [4.78, 5) is 30.6. The van der Waals surface area contributed by atoms with Crippen LogP contribution in [-0.2, 0) is 12.8 Å². The van der Waals surface area contributed by atoms with E-state index >= 15 is 0 Å². The van der Waals surface area contributed by atoms with Gasteiger partial charge in [0.05, 0.1) is 12.1 Å². The summed E-state index contributed by atoms with van der Waals surface area (Å²) in [5, 5.41) is 25.2. The average molecular weight is 594 g/mol. The van der Waals surface area contributed by atoms with E-state index in [0.29, 0.717) is 30.8 Å². The summed E-state index contributed by atoms with van der Waals surface area (Å²) in [6.07, 6.45) is -0.454. The van der Waals surface area contributed by atoms with Gasteiger partial charge in [-0.2, -0.15) is 0 Å². The SMILES string of the molecule is CCCN(CCC)C(=O)c1cc(C)cc(C(=O)N[C@@H](Cc2cc(F)cc(F)c2)C(O)[C@H](O)CN2CCc3ccccc32)c1. The molecule has 7 nitrogen and oxygen atoms in total. The number of carbonyl (C=O) groups is 2. The summed E-state index contributed by atoms with van der Waals surface area (Å²) < 4.78 is 28.1. The Bertz CT molecular complexity index is 1410. The Hall–Kier alpha value is -3.82. The Balaban J connectivity index is 1.58. The van der Waals surface area contributed by atoms with Crippen LogP contribution in [0.2, 0.25) is 0 Å². The molecule has 0 bridgehead atoms. The number of β-amino-alcohol motifs (C(OH)–C–C–N with tert-alkyl or cyclic N) is 1. The fourth-order valence-corrected chi connectivity index (χ4v) is 5.76. The van der Waals surface area contributed by atoms with Gasteiger partial charge in [0.25, 0.3) is 11.8 Å². The molecule has 9 heteroatoms. The standard InChI is InChI=1S/C34H41F2N3O4/c1-4-11-38(12-5-2)34(43)26-15-22(3)14-25(19-26)33(42)37-29(18-23-16-27(35)20-28(36)17-23)32(41)31(40)21-39-13-10-24-8-6-7-9-30(24)39/h6-9,14-17,19-20,29,31-32,40-41H,4-5,10-13,18,21H2,1-3H3,(H,37,42)/t29-,31+,32?/m0/s1. The number of nitrogens with one attached hydrogen (secondary N) is 1. The summed E-state index contributed by atoms with van der Waals surface area (Å²) in [5.74, 6) is -2.31. The van der Waals surface area contributed by atoms with Crippen molar-refractivity contribution in [2.45, 2.75) is 64.7 Å². The fraction of sp³-hybridized carbons (Fsp3) is 0.412. The number of anilines is 1. The van der Waals surface area contributed by atoms with Crippen molar-refractivity contribution in [1.82, 2.24) is 10.2 Å². The number of aryl methyl sites for hydroxylation is 1. The van der Waals surface area contributed by atoms with Gasteiger partial charge in [0.2, 0.25) is 0 Å².